The molecule has 0 saturated carbocycles. The van der Waals surface area contributed by atoms with Crippen LogP contribution in [0.5, 0.6) is 0 Å². The van der Waals surface area contributed by atoms with E-state index in [0.29, 0.717) is 19.1 Å². The van der Waals surface area contributed by atoms with Crippen LogP contribution in [-0.2, 0) is 18.2 Å². The van der Waals surface area contributed by atoms with Crippen LogP contribution in [-0.4, -0.2) is 13.2 Å². The molecule has 0 aliphatic heterocycles. The van der Waals surface area contributed by atoms with E-state index in [2.05, 4.69) is 20.8 Å². The molecule has 0 aliphatic carbocycles. The van der Waals surface area contributed by atoms with E-state index in [1.165, 1.54) is 64.2 Å². The van der Waals surface area contributed by atoms with Gasteiger partial charge in [0.25, 0.3) is 0 Å². The number of rotatable bonds is 17. The fraction of sp³-hybridized carbons (Fsp3) is 1.00. The van der Waals surface area contributed by atoms with Gasteiger partial charge in [-0.1, -0.05) is 85.0 Å². The van der Waals surface area contributed by atoms with Crippen LogP contribution >= 0.6 is 17.4 Å². The molecule has 0 radical (unpaired) electrons. The Balaban J connectivity index is -0.000000175. The Bertz CT molecular complexity index is 263. The van der Waals surface area contributed by atoms with Crippen molar-refractivity contribution in [1.82, 2.24) is 0 Å². The first-order valence-corrected chi connectivity index (χ1v) is 11.4. The van der Waals surface area contributed by atoms with E-state index < -0.39 is 17.4 Å². The Labute approximate surface area is 231 Å². The van der Waals surface area contributed by atoms with Crippen LogP contribution in [0.3, 0.4) is 0 Å². The van der Waals surface area contributed by atoms with Crippen LogP contribution in [0.25, 0.3) is 0 Å². The maximum absolute atomic E-state index is 10.0. The smallest absolute Gasteiger partial charge is 0.148 e. The summed E-state index contributed by atoms with van der Waals surface area (Å²) in [5, 5.41) is 0. The number of unbranched alkanes of at least 4 members (excludes halogenated alkanes) is 8. The van der Waals surface area contributed by atoms with Gasteiger partial charge >= 0.3 is 17.4 Å². The standard InChI is InChI=1S/C10H22O2P.C8H18O2P.2Nd/c1-2-3-4-5-6-7-8-9-10-12-13-11;1-3-5-6-8(4-2)7-10-11-9;;/h13H,2-10H2,1H3;8,11H,3-7H2,1-2H3;;/q2*+1;;. The summed E-state index contributed by atoms with van der Waals surface area (Å²) in [4.78, 5) is 0. The molecule has 152 valence electrons. The van der Waals surface area contributed by atoms with E-state index in [1.54, 1.807) is 0 Å². The Kier molecular flexibility index (Phi) is 49.1. The Morgan fingerprint density at radius 1 is 0.692 bits per heavy atom. The predicted molar refractivity (Wildman–Crippen MR) is 106 cm³/mol. The molecule has 0 saturated heterocycles. The zero-order chi connectivity index (χ0) is 18.3. The Hall–Kier alpha value is 2.82. The second-order valence-electron chi connectivity index (χ2n) is 6.22. The summed E-state index contributed by atoms with van der Waals surface area (Å²) in [6.07, 6.45) is 15.2. The van der Waals surface area contributed by atoms with Crippen molar-refractivity contribution in [1.29, 1.82) is 0 Å². The van der Waals surface area contributed by atoms with E-state index in [0.717, 1.165) is 12.8 Å². The monoisotopic (exact) mass is 666 g/mol. The zero-order valence-corrected chi connectivity index (χ0v) is 25.5. The van der Waals surface area contributed by atoms with E-state index >= 15 is 0 Å². The third kappa shape index (κ3) is 34.3. The first-order chi connectivity index (χ1) is 11.8. The maximum atomic E-state index is 10.0. The van der Waals surface area contributed by atoms with Crippen LogP contribution in [0.2, 0.25) is 0 Å². The van der Waals surface area contributed by atoms with E-state index in [9.17, 15) is 9.13 Å². The second-order valence-corrected chi connectivity index (χ2v) is 7.13. The van der Waals surface area contributed by atoms with Gasteiger partial charge in [-0.15, -0.1) is 9.05 Å². The fourth-order valence-corrected chi connectivity index (χ4v) is 2.93. The first-order valence-electron chi connectivity index (χ1n) is 9.74. The van der Waals surface area contributed by atoms with Gasteiger partial charge in [-0.2, -0.15) is 0 Å². The topological polar surface area (TPSA) is 52.6 Å². The molecular weight excluding hydrogens is 631 g/mol. The summed E-state index contributed by atoms with van der Waals surface area (Å²) in [7, 11) is -1.17. The summed E-state index contributed by atoms with van der Waals surface area (Å²) in [6, 6.07) is 0. The molecule has 0 N–H and O–H groups in total. The average molecular weight is 671 g/mol. The predicted octanol–water partition coefficient (Wildman–Crippen LogP) is 7.24. The van der Waals surface area contributed by atoms with Gasteiger partial charge in [-0.05, 0) is 27.9 Å². The zero-order valence-electron chi connectivity index (χ0n) is 17.1. The van der Waals surface area contributed by atoms with Crippen molar-refractivity contribution in [3.63, 3.8) is 0 Å². The molecule has 0 aromatic heterocycles. The normalized spacial score (nSPS) is 11.2. The number of hydrogen-bond donors (Lipinski definition) is 0. The molecule has 3 atom stereocenters. The molecule has 0 rings (SSSR count). The summed E-state index contributed by atoms with van der Waals surface area (Å²) in [6.45, 7) is 7.90. The fourth-order valence-electron chi connectivity index (χ4n) is 2.40. The van der Waals surface area contributed by atoms with Crippen LogP contribution in [0.1, 0.15) is 97.8 Å². The van der Waals surface area contributed by atoms with Gasteiger partial charge in [0.05, 0.1) is 0 Å². The first kappa shape index (κ1) is 36.2. The third-order valence-corrected chi connectivity index (χ3v) is 4.69. The Morgan fingerprint density at radius 2 is 1.19 bits per heavy atom. The van der Waals surface area contributed by atoms with Gasteiger partial charge in [0.1, 0.15) is 13.2 Å². The van der Waals surface area contributed by atoms with E-state index in [-0.39, 0.29) is 81.7 Å². The molecule has 0 aromatic carbocycles. The van der Waals surface area contributed by atoms with Crippen molar-refractivity contribution in [2.45, 2.75) is 97.8 Å². The summed E-state index contributed by atoms with van der Waals surface area (Å²) < 4.78 is 29.6. The molecule has 0 heterocycles. The van der Waals surface area contributed by atoms with Crippen molar-refractivity contribution >= 4 is 17.4 Å². The molecule has 8 heteroatoms. The van der Waals surface area contributed by atoms with Gasteiger partial charge in [0, 0.05) is 81.7 Å². The van der Waals surface area contributed by atoms with Crippen molar-refractivity contribution in [3.05, 3.63) is 0 Å². The van der Waals surface area contributed by atoms with Gasteiger partial charge < -0.3 is 0 Å². The van der Waals surface area contributed by atoms with Gasteiger partial charge in [-0.3, -0.25) is 0 Å². The average Bonchev–Trinajstić information content (AvgIpc) is 2.61. The van der Waals surface area contributed by atoms with Crippen molar-refractivity contribution in [3.8, 4) is 0 Å². The molecule has 0 spiro atoms. The maximum Gasteiger partial charge on any atom is 0.494 e. The molecule has 0 aliphatic rings. The van der Waals surface area contributed by atoms with Gasteiger partial charge in [0.15, 0.2) is 0 Å². The third-order valence-electron chi connectivity index (χ3n) is 4.08. The summed E-state index contributed by atoms with van der Waals surface area (Å²) in [5.74, 6) is 0.608. The SMILES string of the molecule is CCCCC(CC)CO[PH+]=O.CCCCCCCCCCO[PH+]=O.[Nd].[Nd]. The molecule has 4 nitrogen and oxygen atoms in total. The van der Waals surface area contributed by atoms with Crippen LogP contribution in [0.15, 0.2) is 0 Å². The van der Waals surface area contributed by atoms with Crippen molar-refractivity contribution in [2.24, 2.45) is 5.92 Å². The molecule has 0 bridgehead atoms. The molecule has 0 aromatic rings. The molecule has 3 unspecified atom stereocenters. The molecule has 26 heavy (non-hydrogen) atoms. The quantitative estimate of drug-likeness (QED) is 0.121. The summed E-state index contributed by atoms with van der Waals surface area (Å²) >= 11 is 0. The van der Waals surface area contributed by atoms with E-state index in [4.69, 9.17) is 9.05 Å². The van der Waals surface area contributed by atoms with Crippen molar-refractivity contribution in [2.75, 3.05) is 13.2 Å². The second kappa shape index (κ2) is 35.3. The minimum absolute atomic E-state index is 0. The van der Waals surface area contributed by atoms with Crippen LogP contribution in [0, 0.1) is 87.6 Å². The molecule has 0 amide bonds. The largest absolute Gasteiger partial charge is 0.494 e. The molecule has 0 fully saturated rings. The van der Waals surface area contributed by atoms with Gasteiger partial charge in [-0.25, -0.2) is 0 Å². The molecular formula is C18H40Nd2O4P2+2. The Morgan fingerprint density at radius 3 is 1.65 bits per heavy atom. The van der Waals surface area contributed by atoms with E-state index in [1.807, 2.05) is 0 Å². The van der Waals surface area contributed by atoms with Crippen molar-refractivity contribution < 1.29 is 99.9 Å². The van der Waals surface area contributed by atoms with Gasteiger partial charge in [0.2, 0.25) is 0 Å². The minimum atomic E-state index is -0.591. The minimum Gasteiger partial charge on any atom is -0.148 e. The number of hydrogen-bond acceptors (Lipinski definition) is 4. The van der Waals surface area contributed by atoms with Crippen LogP contribution < -0.4 is 0 Å². The van der Waals surface area contributed by atoms with Crippen LogP contribution in [0.4, 0.5) is 0 Å². The summed E-state index contributed by atoms with van der Waals surface area (Å²) in [5.41, 5.74) is 0.